The summed E-state index contributed by atoms with van der Waals surface area (Å²) in [6.07, 6.45) is 3.31. The molecular weight excluding hydrogens is 425 g/mol. The van der Waals surface area contributed by atoms with Gasteiger partial charge in [-0.2, -0.15) is 0 Å². The third-order valence-corrected chi connectivity index (χ3v) is 5.32. The molecule has 0 atom stereocenters. The van der Waals surface area contributed by atoms with Crippen LogP contribution in [0.1, 0.15) is 5.82 Å². The van der Waals surface area contributed by atoms with Crippen LogP contribution < -0.4 is 10.1 Å². The highest BCUT2D eigenvalue weighted by Gasteiger charge is 2.15. The second kappa shape index (κ2) is 9.67. The van der Waals surface area contributed by atoms with Gasteiger partial charge in [-0.1, -0.05) is 29.4 Å². The molecule has 2 heterocycles. The second-order valence-corrected chi connectivity index (χ2v) is 7.58. The van der Waals surface area contributed by atoms with Crippen molar-refractivity contribution in [2.24, 2.45) is 0 Å². The first kappa shape index (κ1) is 20.3. The van der Waals surface area contributed by atoms with E-state index in [1.54, 1.807) is 22.2 Å². The highest BCUT2D eigenvalue weighted by Crippen LogP contribution is 2.26. The van der Waals surface area contributed by atoms with E-state index in [-0.39, 0.29) is 23.3 Å². The summed E-state index contributed by atoms with van der Waals surface area (Å²) < 4.78 is 20.5. The van der Waals surface area contributed by atoms with Gasteiger partial charge in [-0.25, -0.2) is 9.37 Å². The van der Waals surface area contributed by atoms with Gasteiger partial charge in [-0.3, -0.25) is 9.36 Å². The molecule has 3 aromatic rings. The SMILES string of the molecule is C=CCn1c(COc2ccc(F)cc2Cl)nnc1SCC(=O)Nc1nccs1. The van der Waals surface area contributed by atoms with Crippen LogP contribution in [0.2, 0.25) is 5.02 Å². The zero-order valence-corrected chi connectivity index (χ0v) is 16.9. The maximum absolute atomic E-state index is 13.1. The van der Waals surface area contributed by atoms with Crippen molar-refractivity contribution >= 4 is 45.7 Å². The van der Waals surface area contributed by atoms with Gasteiger partial charge in [0.25, 0.3) is 0 Å². The zero-order valence-electron chi connectivity index (χ0n) is 14.5. The van der Waals surface area contributed by atoms with E-state index in [1.807, 2.05) is 0 Å². The lowest BCUT2D eigenvalue weighted by molar-refractivity contribution is -0.113. The van der Waals surface area contributed by atoms with Crippen molar-refractivity contribution in [3.05, 3.63) is 59.1 Å². The fourth-order valence-electron chi connectivity index (χ4n) is 2.15. The summed E-state index contributed by atoms with van der Waals surface area (Å²) >= 11 is 8.55. The zero-order chi connectivity index (χ0) is 19.9. The molecule has 11 heteroatoms. The van der Waals surface area contributed by atoms with Crippen molar-refractivity contribution in [2.45, 2.75) is 18.3 Å². The first-order chi connectivity index (χ1) is 13.6. The number of rotatable bonds is 9. The largest absolute Gasteiger partial charge is 0.484 e. The van der Waals surface area contributed by atoms with E-state index in [0.29, 0.717) is 28.4 Å². The maximum atomic E-state index is 13.1. The number of thioether (sulfide) groups is 1. The normalized spacial score (nSPS) is 10.6. The number of aromatic nitrogens is 4. The predicted octanol–water partition coefficient (Wildman–Crippen LogP) is 4.02. The topological polar surface area (TPSA) is 81.9 Å². The number of amides is 1. The van der Waals surface area contributed by atoms with Gasteiger partial charge in [-0.05, 0) is 18.2 Å². The number of allylic oxidation sites excluding steroid dienone is 1. The third-order valence-electron chi connectivity index (χ3n) is 3.37. The number of ether oxygens (including phenoxy) is 1. The monoisotopic (exact) mass is 439 g/mol. The fourth-order valence-corrected chi connectivity index (χ4v) is 3.68. The third kappa shape index (κ3) is 5.31. The Morgan fingerprint density at radius 3 is 3.04 bits per heavy atom. The van der Waals surface area contributed by atoms with Crippen molar-refractivity contribution in [1.82, 2.24) is 19.7 Å². The van der Waals surface area contributed by atoms with Crippen LogP contribution >= 0.6 is 34.7 Å². The molecule has 1 aromatic carbocycles. The molecule has 7 nitrogen and oxygen atoms in total. The number of benzene rings is 1. The van der Waals surface area contributed by atoms with E-state index >= 15 is 0 Å². The van der Waals surface area contributed by atoms with Crippen LogP contribution in [0.5, 0.6) is 5.75 Å². The molecule has 0 spiro atoms. The lowest BCUT2D eigenvalue weighted by atomic mass is 10.3. The molecule has 0 radical (unpaired) electrons. The number of hydrogen-bond acceptors (Lipinski definition) is 7. The molecule has 1 amide bonds. The Labute approximate surface area is 173 Å². The second-order valence-electron chi connectivity index (χ2n) is 5.34. The number of carbonyl (C=O) groups is 1. The quantitative estimate of drug-likeness (QED) is 0.400. The van der Waals surface area contributed by atoms with Crippen molar-refractivity contribution < 1.29 is 13.9 Å². The minimum absolute atomic E-state index is 0.0814. The first-order valence-electron chi connectivity index (χ1n) is 7.99. The Kier molecular flexibility index (Phi) is 7.01. The van der Waals surface area contributed by atoms with Gasteiger partial charge in [0.05, 0.1) is 10.8 Å². The first-order valence-corrected chi connectivity index (χ1v) is 10.2. The summed E-state index contributed by atoms with van der Waals surface area (Å²) in [6, 6.07) is 3.89. The Hall–Kier alpha value is -2.43. The summed E-state index contributed by atoms with van der Waals surface area (Å²) in [4.78, 5) is 16.0. The van der Waals surface area contributed by atoms with Crippen molar-refractivity contribution in [3.63, 3.8) is 0 Å². The molecule has 2 aromatic heterocycles. The predicted molar refractivity (Wildman–Crippen MR) is 107 cm³/mol. The Morgan fingerprint density at radius 2 is 2.32 bits per heavy atom. The Bertz CT molecular complexity index is 965. The summed E-state index contributed by atoms with van der Waals surface area (Å²) in [7, 11) is 0. The number of carbonyl (C=O) groups excluding carboxylic acids is 1. The van der Waals surface area contributed by atoms with Gasteiger partial charge in [0.1, 0.15) is 18.2 Å². The molecule has 0 bridgehead atoms. The van der Waals surface area contributed by atoms with E-state index in [0.717, 1.165) is 0 Å². The molecular formula is C17H15ClFN5O2S2. The summed E-state index contributed by atoms with van der Waals surface area (Å²) in [6.45, 7) is 4.25. The summed E-state index contributed by atoms with van der Waals surface area (Å²) in [5.41, 5.74) is 0. The van der Waals surface area contributed by atoms with Crippen LogP contribution in [-0.4, -0.2) is 31.4 Å². The lowest BCUT2D eigenvalue weighted by Gasteiger charge is -2.10. The molecule has 1 N–H and O–H groups in total. The maximum Gasteiger partial charge on any atom is 0.236 e. The average Bonchev–Trinajstić information content (AvgIpc) is 3.30. The lowest BCUT2D eigenvalue weighted by Crippen LogP contribution is -2.14. The molecule has 3 rings (SSSR count). The summed E-state index contributed by atoms with van der Waals surface area (Å²) in [5, 5.41) is 14.0. The highest BCUT2D eigenvalue weighted by atomic mass is 35.5. The number of halogens is 2. The van der Waals surface area contributed by atoms with E-state index in [1.165, 1.54) is 41.3 Å². The molecule has 0 saturated carbocycles. The van der Waals surface area contributed by atoms with Gasteiger partial charge >= 0.3 is 0 Å². The molecule has 0 aliphatic rings. The van der Waals surface area contributed by atoms with Gasteiger partial charge < -0.3 is 10.1 Å². The Morgan fingerprint density at radius 1 is 1.46 bits per heavy atom. The van der Waals surface area contributed by atoms with E-state index in [9.17, 15) is 9.18 Å². The van der Waals surface area contributed by atoms with Crippen molar-refractivity contribution in [1.29, 1.82) is 0 Å². The number of anilines is 1. The molecule has 146 valence electrons. The molecule has 0 saturated heterocycles. The van der Waals surface area contributed by atoms with Gasteiger partial charge in [0, 0.05) is 18.1 Å². The number of hydrogen-bond donors (Lipinski definition) is 1. The smallest absolute Gasteiger partial charge is 0.236 e. The van der Waals surface area contributed by atoms with Gasteiger partial charge in [-0.15, -0.1) is 28.1 Å². The molecule has 0 fully saturated rings. The van der Waals surface area contributed by atoms with Crippen molar-refractivity contribution in [3.8, 4) is 5.75 Å². The van der Waals surface area contributed by atoms with Crippen molar-refractivity contribution in [2.75, 3.05) is 11.1 Å². The van der Waals surface area contributed by atoms with Crippen LogP contribution in [0.15, 0.2) is 47.6 Å². The molecule has 0 unspecified atom stereocenters. The fraction of sp³-hybridized carbons (Fsp3) is 0.176. The van der Waals surface area contributed by atoms with Crippen LogP contribution in [0.3, 0.4) is 0 Å². The van der Waals surface area contributed by atoms with E-state index < -0.39 is 5.82 Å². The highest BCUT2D eigenvalue weighted by molar-refractivity contribution is 7.99. The van der Waals surface area contributed by atoms with Crippen LogP contribution in [0, 0.1) is 5.82 Å². The van der Waals surface area contributed by atoms with Crippen LogP contribution in [0.4, 0.5) is 9.52 Å². The minimum atomic E-state index is -0.443. The van der Waals surface area contributed by atoms with Gasteiger partial charge in [0.15, 0.2) is 16.1 Å². The molecule has 0 aliphatic heterocycles. The molecule has 0 aliphatic carbocycles. The Balaban J connectivity index is 1.63. The van der Waals surface area contributed by atoms with E-state index in [2.05, 4.69) is 27.1 Å². The summed E-state index contributed by atoms with van der Waals surface area (Å²) in [5.74, 6) is 0.390. The number of nitrogens with one attached hydrogen (secondary N) is 1. The van der Waals surface area contributed by atoms with Gasteiger partial charge in [0.2, 0.25) is 5.91 Å². The standard InChI is InChI=1S/C17H15ClFN5O2S2/c1-2-6-24-14(9-26-13-4-3-11(19)8-12(13)18)22-23-17(24)28-10-15(25)21-16-20-5-7-27-16/h2-5,7-8H,1,6,9-10H2,(H,20,21,25). The minimum Gasteiger partial charge on any atom is -0.484 e. The average molecular weight is 440 g/mol. The molecule has 28 heavy (non-hydrogen) atoms. The van der Waals surface area contributed by atoms with Crippen LogP contribution in [0.25, 0.3) is 0 Å². The van der Waals surface area contributed by atoms with E-state index in [4.69, 9.17) is 16.3 Å². The number of thiazole rings is 1. The number of nitrogens with zero attached hydrogens (tertiary/aromatic N) is 4. The van der Waals surface area contributed by atoms with Crippen LogP contribution in [-0.2, 0) is 17.9 Å².